The standard InChI is InChI=1S/C27H23FN2O2/c1-16(2)27-26(18-5-3-4-17(10-18)11-25(31)32)23-12-19-14-29-15-20(19)13-24(23)30(27)22-8-6-21(28)7-9-22/h3-10,12-13,15-16H,11,14H2,1-2H3,(H,31,32). The van der Waals surface area contributed by atoms with Gasteiger partial charge in [-0.05, 0) is 64.6 Å². The molecular weight excluding hydrogens is 403 g/mol. The van der Waals surface area contributed by atoms with Crippen LogP contribution in [0.4, 0.5) is 4.39 Å². The largest absolute Gasteiger partial charge is 0.481 e. The summed E-state index contributed by atoms with van der Waals surface area (Å²) in [6.07, 6.45) is 1.88. The van der Waals surface area contributed by atoms with Crippen LogP contribution in [0.15, 0.2) is 65.7 Å². The maximum absolute atomic E-state index is 13.7. The van der Waals surface area contributed by atoms with E-state index in [1.807, 2.05) is 30.5 Å². The molecule has 5 heteroatoms. The third-order valence-electron chi connectivity index (χ3n) is 5.96. The van der Waals surface area contributed by atoms with Gasteiger partial charge in [-0.25, -0.2) is 4.39 Å². The highest BCUT2D eigenvalue weighted by molar-refractivity contribution is 6.03. The number of aliphatic carboxylic acids is 1. The van der Waals surface area contributed by atoms with Gasteiger partial charge in [-0.2, -0.15) is 0 Å². The van der Waals surface area contributed by atoms with E-state index in [1.54, 1.807) is 12.1 Å². The second kappa shape index (κ2) is 7.75. The summed E-state index contributed by atoms with van der Waals surface area (Å²) in [6.45, 7) is 4.95. The van der Waals surface area contributed by atoms with E-state index in [1.165, 1.54) is 17.7 Å². The third-order valence-corrected chi connectivity index (χ3v) is 5.96. The van der Waals surface area contributed by atoms with Crippen molar-refractivity contribution in [2.75, 3.05) is 0 Å². The molecule has 1 aliphatic heterocycles. The van der Waals surface area contributed by atoms with Crippen LogP contribution in [-0.4, -0.2) is 21.9 Å². The number of carboxylic acids is 1. The number of rotatable bonds is 5. The molecule has 0 saturated heterocycles. The number of benzene rings is 3. The number of carbonyl (C=O) groups is 1. The van der Waals surface area contributed by atoms with Crippen molar-refractivity contribution < 1.29 is 14.3 Å². The Hall–Kier alpha value is -3.73. The van der Waals surface area contributed by atoms with Gasteiger partial charge in [-0.3, -0.25) is 9.79 Å². The molecule has 32 heavy (non-hydrogen) atoms. The summed E-state index contributed by atoms with van der Waals surface area (Å²) in [5, 5.41) is 10.4. The predicted molar refractivity (Wildman–Crippen MR) is 125 cm³/mol. The Kier molecular flexibility index (Phi) is 4.89. The molecule has 0 saturated carbocycles. The van der Waals surface area contributed by atoms with Gasteiger partial charge in [0.1, 0.15) is 5.82 Å². The highest BCUT2D eigenvalue weighted by atomic mass is 19.1. The van der Waals surface area contributed by atoms with E-state index in [2.05, 4.69) is 35.5 Å². The quantitative estimate of drug-likeness (QED) is 0.418. The Morgan fingerprint density at radius 2 is 1.91 bits per heavy atom. The average Bonchev–Trinajstić information content (AvgIpc) is 3.34. The van der Waals surface area contributed by atoms with Crippen LogP contribution in [0.2, 0.25) is 0 Å². The van der Waals surface area contributed by atoms with Crippen molar-refractivity contribution in [2.24, 2.45) is 4.99 Å². The zero-order chi connectivity index (χ0) is 22.4. The van der Waals surface area contributed by atoms with Gasteiger partial charge in [0, 0.05) is 28.5 Å². The van der Waals surface area contributed by atoms with Crippen molar-refractivity contribution in [1.82, 2.24) is 4.57 Å². The number of hydrogen-bond donors (Lipinski definition) is 1. The van der Waals surface area contributed by atoms with E-state index >= 15 is 0 Å². The number of hydrogen-bond acceptors (Lipinski definition) is 2. The molecule has 0 bridgehead atoms. The molecule has 0 atom stereocenters. The second-order valence-corrected chi connectivity index (χ2v) is 8.54. The fourth-order valence-electron chi connectivity index (χ4n) is 4.64. The Bertz CT molecular complexity index is 1380. The lowest BCUT2D eigenvalue weighted by Crippen LogP contribution is -2.04. The molecule has 1 N–H and O–H groups in total. The summed E-state index contributed by atoms with van der Waals surface area (Å²) in [5.41, 5.74) is 8.14. The molecule has 3 aromatic carbocycles. The lowest BCUT2D eigenvalue weighted by Gasteiger charge is -2.16. The molecule has 5 rings (SSSR count). The number of fused-ring (bicyclic) bond motifs is 2. The predicted octanol–water partition coefficient (Wildman–Crippen LogP) is 6.12. The van der Waals surface area contributed by atoms with Gasteiger partial charge in [-0.1, -0.05) is 38.1 Å². The highest BCUT2D eigenvalue weighted by Crippen LogP contribution is 2.42. The molecule has 0 aliphatic carbocycles. The van der Waals surface area contributed by atoms with Crippen molar-refractivity contribution in [3.05, 3.63) is 88.9 Å². The number of carboxylic acid groups (broad SMARTS) is 1. The van der Waals surface area contributed by atoms with Crippen LogP contribution in [0, 0.1) is 5.82 Å². The minimum atomic E-state index is -0.852. The molecule has 1 aromatic heterocycles. The molecule has 160 valence electrons. The fraction of sp³-hybridized carbons (Fsp3) is 0.185. The van der Waals surface area contributed by atoms with Crippen molar-refractivity contribution in [3.8, 4) is 16.8 Å². The smallest absolute Gasteiger partial charge is 0.307 e. The van der Waals surface area contributed by atoms with Crippen LogP contribution < -0.4 is 0 Å². The molecular formula is C27H23FN2O2. The monoisotopic (exact) mass is 426 g/mol. The van der Waals surface area contributed by atoms with E-state index in [4.69, 9.17) is 0 Å². The summed E-state index contributed by atoms with van der Waals surface area (Å²) < 4.78 is 15.9. The first-order valence-corrected chi connectivity index (χ1v) is 10.7. The molecule has 0 unspecified atom stereocenters. The van der Waals surface area contributed by atoms with Crippen LogP contribution in [0.5, 0.6) is 0 Å². The zero-order valence-electron chi connectivity index (χ0n) is 18.0. The lowest BCUT2D eigenvalue weighted by molar-refractivity contribution is -0.136. The summed E-state index contributed by atoms with van der Waals surface area (Å²) in [7, 11) is 0. The Labute approximate surface area is 185 Å². The van der Waals surface area contributed by atoms with Gasteiger partial charge in [0.05, 0.1) is 18.5 Å². The van der Waals surface area contributed by atoms with E-state index in [0.29, 0.717) is 6.54 Å². The van der Waals surface area contributed by atoms with Gasteiger partial charge >= 0.3 is 5.97 Å². The maximum Gasteiger partial charge on any atom is 0.307 e. The van der Waals surface area contributed by atoms with Crippen molar-refractivity contribution in [1.29, 1.82) is 0 Å². The topological polar surface area (TPSA) is 54.6 Å². The summed E-state index contributed by atoms with van der Waals surface area (Å²) in [5.74, 6) is -0.949. The molecule has 0 amide bonds. The van der Waals surface area contributed by atoms with Gasteiger partial charge in [0.15, 0.2) is 0 Å². The van der Waals surface area contributed by atoms with E-state index < -0.39 is 5.97 Å². The van der Waals surface area contributed by atoms with Crippen LogP contribution >= 0.6 is 0 Å². The maximum atomic E-state index is 13.7. The number of aliphatic imine (C=N–C) groups is 1. The molecule has 0 fully saturated rings. The van der Waals surface area contributed by atoms with Gasteiger partial charge in [0.2, 0.25) is 0 Å². The average molecular weight is 426 g/mol. The van der Waals surface area contributed by atoms with Crippen molar-refractivity contribution >= 4 is 23.1 Å². The molecule has 0 radical (unpaired) electrons. The molecule has 1 aliphatic rings. The molecule has 2 heterocycles. The molecule has 4 nitrogen and oxygen atoms in total. The zero-order valence-corrected chi connectivity index (χ0v) is 18.0. The Morgan fingerprint density at radius 1 is 1.12 bits per heavy atom. The summed E-state index contributed by atoms with van der Waals surface area (Å²) >= 11 is 0. The third kappa shape index (κ3) is 3.40. The first-order chi connectivity index (χ1) is 15.4. The molecule has 0 spiro atoms. The van der Waals surface area contributed by atoms with Crippen LogP contribution in [0.25, 0.3) is 27.7 Å². The highest BCUT2D eigenvalue weighted by Gasteiger charge is 2.24. The van der Waals surface area contributed by atoms with E-state index in [-0.39, 0.29) is 18.2 Å². The van der Waals surface area contributed by atoms with Gasteiger partial charge < -0.3 is 9.67 Å². The van der Waals surface area contributed by atoms with Gasteiger partial charge in [-0.15, -0.1) is 0 Å². The number of halogens is 1. The van der Waals surface area contributed by atoms with Gasteiger partial charge in [0.25, 0.3) is 0 Å². The second-order valence-electron chi connectivity index (χ2n) is 8.54. The summed E-state index contributed by atoms with van der Waals surface area (Å²) in [6, 6.07) is 18.7. The molecule has 4 aromatic rings. The van der Waals surface area contributed by atoms with Crippen molar-refractivity contribution in [2.45, 2.75) is 32.7 Å². The lowest BCUT2D eigenvalue weighted by atomic mass is 9.94. The van der Waals surface area contributed by atoms with Crippen LogP contribution in [-0.2, 0) is 17.8 Å². The minimum absolute atomic E-state index is 0.0231. The number of nitrogens with zero attached hydrogens (tertiary/aromatic N) is 2. The van der Waals surface area contributed by atoms with Crippen LogP contribution in [0.1, 0.15) is 42.1 Å². The first-order valence-electron chi connectivity index (χ1n) is 10.7. The van der Waals surface area contributed by atoms with Crippen molar-refractivity contribution in [3.63, 3.8) is 0 Å². The van der Waals surface area contributed by atoms with Crippen LogP contribution in [0.3, 0.4) is 0 Å². The Balaban J connectivity index is 1.86. The normalized spacial score (nSPS) is 12.6. The SMILES string of the molecule is CC(C)c1c(-c2cccc(CC(=O)O)c2)c2cc3c(cc2n1-c1ccc(F)cc1)C=NC3. The summed E-state index contributed by atoms with van der Waals surface area (Å²) in [4.78, 5) is 15.7. The first kappa shape index (κ1) is 20.2. The fourth-order valence-corrected chi connectivity index (χ4v) is 4.64. The minimum Gasteiger partial charge on any atom is -0.481 e. The number of aromatic nitrogens is 1. The Morgan fingerprint density at radius 3 is 2.62 bits per heavy atom. The van der Waals surface area contributed by atoms with E-state index in [0.717, 1.165) is 44.5 Å². The van der Waals surface area contributed by atoms with E-state index in [9.17, 15) is 14.3 Å².